The summed E-state index contributed by atoms with van der Waals surface area (Å²) in [5.74, 6) is 0.387. The summed E-state index contributed by atoms with van der Waals surface area (Å²) in [6.07, 6.45) is 4.29. The Morgan fingerprint density at radius 1 is 1.03 bits per heavy atom. The summed E-state index contributed by atoms with van der Waals surface area (Å²) in [4.78, 5) is 29.1. The first kappa shape index (κ1) is 25.5. The van der Waals surface area contributed by atoms with Crippen LogP contribution in [0.5, 0.6) is 0 Å². The lowest BCUT2D eigenvalue weighted by atomic mass is 9.93. The average Bonchev–Trinajstić information content (AvgIpc) is 3.38. The number of carbonyl (C=O) groups excluding carboxylic acids is 2. The van der Waals surface area contributed by atoms with Crippen molar-refractivity contribution in [2.75, 3.05) is 13.1 Å². The minimum absolute atomic E-state index is 0.0899. The highest BCUT2D eigenvalue weighted by Crippen LogP contribution is 2.36. The molecule has 0 atom stereocenters. The molecule has 0 saturated carbocycles. The summed E-state index contributed by atoms with van der Waals surface area (Å²) in [6.45, 7) is 13.7. The number of piperidine rings is 1. The van der Waals surface area contributed by atoms with Crippen LogP contribution in [0, 0.1) is 5.92 Å². The molecule has 1 N–H and O–H groups in total. The van der Waals surface area contributed by atoms with Gasteiger partial charge in [0.05, 0.1) is 16.8 Å². The normalized spacial score (nSPS) is 16.3. The highest BCUT2D eigenvalue weighted by atomic mass is 16.6. The quantitative estimate of drug-likeness (QED) is 0.432. The molecule has 0 radical (unpaired) electrons. The highest BCUT2D eigenvalue weighted by molar-refractivity contribution is 6.07. The van der Waals surface area contributed by atoms with E-state index in [9.17, 15) is 9.59 Å². The highest BCUT2D eigenvalue weighted by Gasteiger charge is 2.29. The van der Waals surface area contributed by atoms with Gasteiger partial charge in [0.15, 0.2) is 0 Å². The first-order valence-electron chi connectivity index (χ1n) is 13.6. The van der Waals surface area contributed by atoms with Crippen molar-refractivity contribution < 1.29 is 14.3 Å². The van der Waals surface area contributed by atoms with Gasteiger partial charge in [-0.25, -0.2) is 9.36 Å². The summed E-state index contributed by atoms with van der Waals surface area (Å²) >= 11 is 0. The zero-order valence-electron chi connectivity index (χ0n) is 22.8. The molecule has 2 aliphatic heterocycles. The van der Waals surface area contributed by atoms with E-state index in [1.165, 1.54) is 30.4 Å². The Bertz CT molecular complexity index is 1340. The van der Waals surface area contributed by atoms with Crippen molar-refractivity contribution in [3.05, 3.63) is 58.7 Å². The maximum Gasteiger partial charge on any atom is 0.419 e. The van der Waals surface area contributed by atoms with E-state index in [1.807, 2.05) is 26.8 Å². The lowest BCUT2D eigenvalue weighted by Crippen LogP contribution is -2.29. The van der Waals surface area contributed by atoms with Crippen LogP contribution in [0.25, 0.3) is 22.2 Å². The van der Waals surface area contributed by atoms with Gasteiger partial charge in [-0.2, -0.15) is 0 Å². The van der Waals surface area contributed by atoms with Crippen LogP contribution in [0.3, 0.4) is 0 Å². The van der Waals surface area contributed by atoms with E-state index < -0.39 is 11.7 Å². The summed E-state index contributed by atoms with van der Waals surface area (Å²) < 4.78 is 7.52. The van der Waals surface area contributed by atoms with Gasteiger partial charge in [0.1, 0.15) is 5.60 Å². The lowest BCUT2D eigenvalue weighted by molar-refractivity contribution is 0.0547. The molecule has 6 heteroatoms. The van der Waals surface area contributed by atoms with Crippen LogP contribution in [0.4, 0.5) is 4.79 Å². The minimum Gasteiger partial charge on any atom is -0.443 e. The number of ether oxygens (including phenoxy) is 1. The Hall–Kier alpha value is -3.12. The molecule has 1 amide bonds. The maximum atomic E-state index is 13.6. The van der Waals surface area contributed by atoms with Crippen molar-refractivity contribution in [3.63, 3.8) is 0 Å². The van der Waals surface area contributed by atoms with Crippen LogP contribution in [-0.2, 0) is 24.2 Å². The van der Waals surface area contributed by atoms with E-state index in [1.54, 1.807) is 4.57 Å². The number of benzene rings is 2. The van der Waals surface area contributed by atoms with Crippen LogP contribution in [0.2, 0.25) is 0 Å². The number of hydrogen-bond acceptors (Lipinski definition) is 4. The third kappa shape index (κ3) is 5.45. The van der Waals surface area contributed by atoms with Crippen LogP contribution < -0.4 is 5.32 Å². The van der Waals surface area contributed by atoms with Gasteiger partial charge in [-0.1, -0.05) is 32.4 Å². The first-order valence-corrected chi connectivity index (χ1v) is 13.6. The van der Waals surface area contributed by atoms with Gasteiger partial charge in [0.2, 0.25) is 0 Å². The van der Waals surface area contributed by atoms with Crippen molar-refractivity contribution in [2.24, 2.45) is 5.92 Å². The fraction of sp³-hybridized carbons (Fsp3) is 0.484. The number of nitrogens with one attached hydrogen (secondary N) is 1. The smallest absolute Gasteiger partial charge is 0.419 e. The number of aromatic nitrogens is 1. The zero-order valence-corrected chi connectivity index (χ0v) is 22.8. The molecule has 0 aliphatic carbocycles. The van der Waals surface area contributed by atoms with Gasteiger partial charge in [0.25, 0.3) is 5.91 Å². The second-order valence-corrected chi connectivity index (χ2v) is 12.0. The van der Waals surface area contributed by atoms with Crippen molar-refractivity contribution in [3.8, 4) is 11.3 Å². The monoisotopic (exact) mass is 501 g/mol. The van der Waals surface area contributed by atoms with E-state index in [-0.39, 0.29) is 5.91 Å². The lowest BCUT2D eigenvalue weighted by Gasteiger charge is -2.26. The molecule has 0 spiro atoms. The standard InChI is InChI=1S/C31H39N3O3/c1-20(2)13-22-15-24-18-32-29(35)28(24)25(16-22)27-17-23-14-21(19-33-11-7-6-8-12-33)9-10-26(23)34(27)30(36)37-31(3,4)5/h9-10,14-17,20H,6-8,11-13,18-19H2,1-5H3,(H,32,35). The Kier molecular flexibility index (Phi) is 6.88. The summed E-state index contributed by atoms with van der Waals surface area (Å²) in [6, 6.07) is 12.6. The summed E-state index contributed by atoms with van der Waals surface area (Å²) in [7, 11) is 0. The molecule has 1 fully saturated rings. The molecule has 1 aromatic heterocycles. The van der Waals surface area contributed by atoms with Crippen molar-refractivity contribution in [1.29, 1.82) is 0 Å². The van der Waals surface area contributed by atoms with E-state index in [2.05, 4.69) is 54.4 Å². The molecule has 3 heterocycles. The average molecular weight is 502 g/mol. The number of nitrogens with zero attached hydrogens (tertiary/aromatic N) is 2. The van der Waals surface area contributed by atoms with Crippen LogP contribution in [0.1, 0.15) is 80.9 Å². The van der Waals surface area contributed by atoms with Gasteiger partial charge in [-0.15, -0.1) is 0 Å². The fourth-order valence-corrected chi connectivity index (χ4v) is 5.67. The third-order valence-electron chi connectivity index (χ3n) is 7.16. The number of fused-ring (bicyclic) bond motifs is 2. The molecule has 196 valence electrons. The Labute approximate surface area is 220 Å². The van der Waals surface area contributed by atoms with Crippen LogP contribution in [-0.4, -0.2) is 40.2 Å². The first-order chi connectivity index (χ1) is 17.6. The van der Waals surface area contributed by atoms with Gasteiger partial charge >= 0.3 is 6.09 Å². The predicted molar refractivity (Wildman–Crippen MR) is 148 cm³/mol. The molecule has 2 aromatic carbocycles. The summed E-state index contributed by atoms with van der Waals surface area (Å²) in [5, 5.41) is 3.96. The van der Waals surface area contributed by atoms with E-state index in [4.69, 9.17) is 4.74 Å². The molecule has 6 nitrogen and oxygen atoms in total. The fourth-order valence-electron chi connectivity index (χ4n) is 5.67. The molecular weight excluding hydrogens is 462 g/mol. The van der Waals surface area contributed by atoms with Gasteiger partial charge in [0, 0.05) is 24.0 Å². The minimum atomic E-state index is -0.641. The molecule has 1 saturated heterocycles. The number of amides is 1. The molecule has 37 heavy (non-hydrogen) atoms. The molecule has 0 unspecified atom stereocenters. The Morgan fingerprint density at radius 3 is 2.49 bits per heavy atom. The van der Waals surface area contributed by atoms with Gasteiger partial charge in [-0.05, 0) is 100.0 Å². The predicted octanol–water partition coefficient (Wildman–Crippen LogP) is 6.52. The Balaban J connectivity index is 1.66. The zero-order chi connectivity index (χ0) is 26.3. The topological polar surface area (TPSA) is 63.6 Å². The van der Waals surface area contributed by atoms with E-state index in [0.29, 0.717) is 23.7 Å². The van der Waals surface area contributed by atoms with Crippen molar-refractivity contribution >= 4 is 22.9 Å². The van der Waals surface area contributed by atoms with E-state index >= 15 is 0 Å². The molecular formula is C31H39N3O3. The molecule has 0 bridgehead atoms. The number of carbonyl (C=O) groups is 2. The third-order valence-corrected chi connectivity index (χ3v) is 7.16. The largest absolute Gasteiger partial charge is 0.443 e. The number of rotatable bonds is 5. The Morgan fingerprint density at radius 2 is 1.78 bits per heavy atom. The second-order valence-electron chi connectivity index (χ2n) is 12.0. The van der Waals surface area contributed by atoms with Crippen LogP contribution in [0.15, 0.2) is 36.4 Å². The maximum absolute atomic E-state index is 13.6. The van der Waals surface area contributed by atoms with Gasteiger partial charge in [-0.3, -0.25) is 9.69 Å². The second kappa shape index (κ2) is 9.97. The molecule has 2 aliphatic rings. The SMILES string of the molecule is CC(C)Cc1cc2c(c(-c3cc4cc(CN5CCCCC5)ccc4n3C(=O)OC(C)(C)C)c1)C(=O)NC2. The van der Waals surface area contributed by atoms with Crippen LogP contribution >= 0.6 is 0 Å². The van der Waals surface area contributed by atoms with E-state index in [0.717, 1.165) is 48.1 Å². The van der Waals surface area contributed by atoms with Crippen molar-refractivity contribution in [2.45, 2.75) is 79.0 Å². The van der Waals surface area contributed by atoms with Gasteiger partial charge < -0.3 is 10.1 Å². The summed E-state index contributed by atoms with van der Waals surface area (Å²) in [5.41, 5.74) is 5.72. The number of likely N-dealkylation sites (tertiary alicyclic amines) is 1. The van der Waals surface area contributed by atoms with Crippen molar-refractivity contribution in [1.82, 2.24) is 14.8 Å². The molecule has 5 rings (SSSR count). The molecule has 3 aromatic rings. The number of hydrogen-bond donors (Lipinski definition) is 1.